The molecule has 2 fully saturated rings. The fraction of sp³-hybridized carbons (Fsp3) is 0.667. The van der Waals surface area contributed by atoms with Crippen molar-refractivity contribution in [1.82, 2.24) is 19.4 Å². The Morgan fingerprint density at radius 2 is 2.00 bits per heavy atom. The van der Waals surface area contributed by atoms with Crippen LogP contribution in [0.25, 0.3) is 0 Å². The zero-order chi connectivity index (χ0) is 18.1. The third-order valence-corrected chi connectivity index (χ3v) is 5.28. The van der Waals surface area contributed by atoms with Crippen molar-refractivity contribution in [3.63, 3.8) is 0 Å². The lowest BCUT2D eigenvalue weighted by Gasteiger charge is -2.33. The SMILES string of the molecule is CC(C)N1C[C@@H](C(=O)N2CCC[C@H](C(=O)c3nccn3C)C2)CC1=O. The number of aromatic nitrogens is 2. The van der Waals surface area contributed by atoms with Gasteiger partial charge in [0.25, 0.3) is 0 Å². The molecule has 0 radical (unpaired) electrons. The molecule has 2 atom stereocenters. The normalized spacial score (nSPS) is 24.2. The van der Waals surface area contributed by atoms with Crippen LogP contribution in [0.2, 0.25) is 0 Å². The number of carbonyl (C=O) groups excluding carboxylic acids is 3. The lowest BCUT2D eigenvalue weighted by Crippen LogP contribution is -2.45. The van der Waals surface area contributed by atoms with E-state index in [-0.39, 0.29) is 41.9 Å². The Morgan fingerprint density at radius 1 is 1.24 bits per heavy atom. The molecule has 2 saturated heterocycles. The Hall–Kier alpha value is -2.18. The molecule has 0 aromatic carbocycles. The smallest absolute Gasteiger partial charge is 0.228 e. The van der Waals surface area contributed by atoms with Crippen LogP contribution in [-0.2, 0) is 16.6 Å². The highest BCUT2D eigenvalue weighted by atomic mass is 16.2. The summed E-state index contributed by atoms with van der Waals surface area (Å²) >= 11 is 0. The molecule has 0 saturated carbocycles. The quantitative estimate of drug-likeness (QED) is 0.765. The summed E-state index contributed by atoms with van der Waals surface area (Å²) < 4.78 is 1.72. The maximum atomic E-state index is 12.9. The molecule has 2 aliphatic heterocycles. The van der Waals surface area contributed by atoms with E-state index in [1.165, 1.54) is 0 Å². The molecule has 2 aliphatic rings. The van der Waals surface area contributed by atoms with Gasteiger partial charge in [0, 0.05) is 57.5 Å². The molecule has 3 heterocycles. The third kappa shape index (κ3) is 3.45. The highest BCUT2D eigenvalue weighted by Crippen LogP contribution is 2.26. The minimum atomic E-state index is -0.281. The Kier molecular flexibility index (Phi) is 4.92. The monoisotopic (exact) mass is 346 g/mol. The first kappa shape index (κ1) is 17.6. The first-order valence-corrected chi connectivity index (χ1v) is 8.98. The molecule has 136 valence electrons. The molecule has 0 unspecified atom stereocenters. The van der Waals surface area contributed by atoms with Crippen molar-refractivity contribution in [2.24, 2.45) is 18.9 Å². The third-order valence-electron chi connectivity index (χ3n) is 5.28. The molecule has 0 spiro atoms. The predicted octanol–water partition coefficient (Wildman–Crippen LogP) is 1.10. The summed E-state index contributed by atoms with van der Waals surface area (Å²) in [4.78, 5) is 45.3. The van der Waals surface area contributed by atoms with Gasteiger partial charge in [-0.25, -0.2) is 4.98 Å². The Balaban J connectivity index is 1.65. The number of carbonyl (C=O) groups is 3. The van der Waals surface area contributed by atoms with E-state index in [1.54, 1.807) is 33.8 Å². The number of ketones is 1. The van der Waals surface area contributed by atoms with Gasteiger partial charge in [-0.3, -0.25) is 14.4 Å². The summed E-state index contributed by atoms with van der Waals surface area (Å²) in [6.07, 6.45) is 5.23. The molecule has 0 aliphatic carbocycles. The largest absolute Gasteiger partial charge is 0.342 e. The van der Waals surface area contributed by atoms with E-state index in [9.17, 15) is 14.4 Å². The number of likely N-dealkylation sites (tertiary alicyclic amines) is 2. The number of hydrogen-bond acceptors (Lipinski definition) is 4. The standard InChI is InChI=1S/C18H26N4O3/c1-12(2)22-11-14(9-15(22)23)18(25)21-7-4-5-13(10-21)16(24)17-19-6-8-20(17)3/h6,8,12-14H,4-5,7,9-11H2,1-3H3/t13-,14-/m0/s1. The molecule has 2 amide bonds. The van der Waals surface area contributed by atoms with Crippen LogP contribution in [-0.4, -0.2) is 62.6 Å². The maximum Gasteiger partial charge on any atom is 0.228 e. The van der Waals surface area contributed by atoms with Gasteiger partial charge in [-0.15, -0.1) is 0 Å². The summed E-state index contributed by atoms with van der Waals surface area (Å²) in [7, 11) is 1.80. The number of aryl methyl sites for hydroxylation is 1. The van der Waals surface area contributed by atoms with Gasteiger partial charge in [0.05, 0.1) is 5.92 Å². The van der Waals surface area contributed by atoms with Crippen LogP contribution in [0, 0.1) is 11.8 Å². The molecule has 7 nitrogen and oxygen atoms in total. The van der Waals surface area contributed by atoms with Crippen LogP contribution in [0.3, 0.4) is 0 Å². The molecule has 3 rings (SSSR count). The first-order chi connectivity index (χ1) is 11.9. The van der Waals surface area contributed by atoms with Gasteiger partial charge < -0.3 is 14.4 Å². The van der Waals surface area contributed by atoms with Crippen molar-refractivity contribution in [3.8, 4) is 0 Å². The number of piperidine rings is 1. The minimum Gasteiger partial charge on any atom is -0.342 e. The number of imidazole rings is 1. The van der Waals surface area contributed by atoms with Crippen molar-refractivity contribution in [2.45, 2.75) is 39.2 Å². The second kappa shape index (κ2) is 6.98. The second-order valence-corrected chi connectivity index (χ2v) is 7.39. The van der Waals surface area contributed by atoms with Crippen LogP contribution < -0.4 is 0 Å². The number of nitrogens with zero attached hydrogens (tertiary/aromatic N) is 4. The van der Waals surface area contributed by atoms with E-state index in [2.05, 4.69) is 4.98 Å². The van der Waals surface area contributed by atoms with Gasteiger partial charge in [0.1, 0.15) is 0 Å². The summed E-state index contributed by atoms with van der Waals surface area (Å²) in [6.45, 7) is 5.51. The van der Waals surface area contributed by atoms with Gasteiger partial charge in [0.2, 0.25) is 17.6 Å². The predicted molar refractivity (Wildman–Crippen MR) is 91.8 cm³/mol. The van der Waals surface area contributed by atoms with Crippen LogP contribution in [0.1, 0.15) is 43.7 Å². The van der Waals surface area contributed by atoms with E-state index in [0.717, 1.165) is 12.8 Å². The fourth-order valence-electron chi connectivity index (χ4n) is 3.83. The average Bonchev–Trinajstić information content (AvgIpc) is 3.19. The summed E-state index contributed by atoms with van der Waals surface area (Å²) in [5.41, 5.74) is 0. The molecular formula is C18H26N4O3. The van der Waals surface area contributed by atoms with Gasteiger partial charge in [-0.05, 0) is 26.7 Å². The van der Waals surface area contributed by atoms with E-state index in [0.29, 0.717) is 25.5 Å². The second-order valence-electron chi connectivity index (χ2n) is 7.39. The minimum absolute atomic E-state index is 0.00342. The van der Waals surface area contributed by atoms with Gasteiger partial charge in [-0.2, -0.15) is 0 Å². The van der Waals surface area contributed by atoms with Crippen molar-refractivity contribution in [1.29, 1.82) is 0 Å². The van der Waals surface area contributed by atoms with Crippen LogP contribution in [0.15, 0.2) is 12.4 Å². The Morgan fingerprint density at radius 3 is 2.60 bits per heavy atom. The summed E-state index contributed by atoms with van der Waals surface area (Å²) in [5, 5.41) is 0. The topological polar surface area (TPSA) is 75.5 Å². The van der Waals surface area contributed by atoms with Crippen LogP contribution >= 0.6 is 0 Å². The van der Waals surface area contributed by atoms with Crippen molar-refractivity contribution in [2.75, 3.05) is 19.6 Å². The lowest BCUT2D eigenvalue weighted by molar-refractivity contribution is -0.137. The zero-order valence-corrected chi connectivity index (χ0v) is 15.1. The molecule has 1 aromatic rings. The number of hydrogen-bond donors (Lipinski definition) is 0. The summed E-state index contributed by atoms with van der Waals surface area (Å²) in [5.74, 6) is 0.00601. The highest BCUT2D eigenvalue weighted by molar-refractivity contribution is 5.95. The van der Waals surface area contributed by atoms with Crippen molar-refractivity contribution < 1.29 is 14.4 Å². The van der Waals surface area contributed by atoms with E-state index in [1.807, 2.05) is 13.8 Å². The average molecular weight is 346 g/mol. The lowest BCUT2D eigenvalue weighted by atomic mass is 9.92. The van der Waals surface area contributed by atoms with Gasteiger partial charge >= 0.3 is 0 Å². The maximum absolute atomic E-state index is 12.9. The molecule has 0 N–H and O–H groups in total. The van der Waals surface area contributed by atoms with Crippen LogP contribution in [0.4, 0.5) is 0 Å². The zero-order valence-electron chi connectivity index (χ0n) is 15.1. The van der Waals surface area contributed by atoms with Gasteiger partial charge in [-0.1, -0.05) is 0 Å². The van der Waals surface area contributed by atoms with Crippen molar-refractivity contribution >= 4 is 17.6 Å². The van der Waals surface area contributed by atoms with E-state index in [4.69, 9.17) is 0 Å². The molecule has 7 heteroatoms. The first-order valence-electron chi connectivity index (χ1n) is 8.98. The number of rotatable bonds is 4. The Labute approximate surface area is 148 Å². The van der Waals surface area contributed by atoms with Crippen LogP contribution in [0.5, 0.6) is 0 Å². The van der Waals surface area contributed by atoms with E-state index >= 15 is 0 Å². The molecule has 1 aromatic heterocycles. The number of Topliss-reactive ketones (excluding diaryl/α,β-unsaturated/α-hetero) is 1. The molecule has 25 heavy (non-hydrogen) atoms. The van der Waals surface area contributed by atoms with E-state index < -0.39 is 0 Å². The molecule has 0 bridgehead atoms. The summed E-state index contributed by atoms with van der Waals surface area (Å²) in [6, 6.07) is 0.115. The van der Waals surface area contributed by atoms with Gasteiger partial charge in [0.15, 0.2) is 5.82 Å². The van der Waals surface area contributed by atoms with Crippen molar-refractivity contribution in [3.05, 3.63) is 18.2 Å². The molecular weight excluding hydrogens is 320 g/mol. The highest BCUT2D eigenvalue weighted by Gasteiger charge is 2.39. The fourth-order valence-corrected chi connectivity index (χ4v) is 3.83. The Bertz CT molecular complexity index is 682. The number of amides is 2.